The van der Waals surface area contributed by atoms with Gasteiger partial charge in [0.05, 0.1) is 17.4 Å². The van der Waals surface area contributed by atoms with Gasteiger partial charge in [-0.1, -0.05) is 61.9 Å². The average Bonchev–Trinajstić information content (AvgIpc) is 3.07. The van der Waals surface area contributed by atoms with Crippen molar-refractivity contribution in [3.63, 3.8) is 0 Å². The second-order valence-electron chi connectivity index (χ2n) is 6.49. The zero-order valence-corrected chi connectivity index (χ0v) is 13.8. The van der Waals surface area contributed by atoms with Crippen molar-refractivity contribution in [2.24, 2.45) is 0 Å². The lowest BCUT2D eigenvalue weighted by molar-refractivity contribution is 0.542. The summed E-state index contributed by atoms with van der Waals surface area (Å²) in [6.07, 6.45) is 3.36. The highest BCUT2D eigenvalue weighted by molar-refractivity contribution is 5.69. The van der Waals surface area contributed by atoms with E-state index in [4.69, 9.17) is 5.10 Å². The van der Waals surface area contributed by atoms with Gasteiger partial charge >= 0.3 is 0 Å². The molecule has 0 aliphatic carbocycles. The monoisotopic (exact) mass is 302 g/mol. The standard InChI is InChI=1S/C21H22N2/c1-3-6-16-9-11-17(12-10-16)14-21-19-8-5-4-7-18(19)20-13-15(2)22-23(20)21/h4-5,7-13,21H,3,6,14H2,1-2H3. The second-order valence-corrected chi connectivity index (χ2v) is 6.49. The fourth-order valence-corrected chi connectivity index (χ4v) is 3.66. The SMILES string of the molecule is CCCc1ccc(CC2c3ccccc3-c3cc(C)nn32)cc1. The number of benzene rings is 2. The molecule has 1 atom stereocenters. The van der Waals surface area contributed by atoms with Crippen LogP contribution in [0, 0.1) is 6.92 Å². The molecule has 0 amide bonds. The molecule has 0 bridgehead atoms. The summed E-state index contributed by atoms with van der Waals surface area (Å²) in [7, 11) is 0. The molecule has 116 valence electrons. The summed E-state index contributed by atoms with van der Waals surface area (Å²) in [5, 5.41) is 4.75. The maximum atomic E-state index is 4.75. The highest BCUT2D eigenvalue weighted by Crippen LogP contribution is 2.40. The largest absolute Gasteiger partial charge is 0.257 e. The summed E-state index contributed by atoms with van der Waals surface area (Å²) in [4.78, 5) is 0. The normalized spacial score (nSPS) is 15.5. The van der Waals surface area contributed by atoms with Crippen LogP contribution in [0.3, 0.4) is 0 Å². The Morgan fingerprint density at radius 3 is 2.52 bits per heavy atom. The average molecular weight is 302 g/mol. The van der Waals surface area contributed by atoms with Crippen molar-refractivity contribution in [2.45, 2.75) is 39.2 Å². The molecule has 1 aromatic heterocycles. The molecular formula is C21H22N2. The molecule has 0 saturated carbocycles. The van der Waals surface area contributed by atoms with E-state index in [0.29, 0.717) is 6.04 Å². The lowest BCUT2D eigenvalue weighted by Gasteiger charge is -2.14. The molecule has 0 fully saturated rings. The van der Waals surface area contributed by atoms with E-state index in [9.17, 15) is 0 Å². The molecule has 23 heavy (non-hydrogen) atoms. The maximum Gasteiger partial charge on any atom is 0.0822 e. The lowest BCUT2D eigenvalue weighted by Crippen LogP contribution is -2.11. The molecule has 2 aromatic carbocycles. The molecule has 1 unspecified atom stereocenters. The van der Waals surface area contributed by atoms with Crippen LogP contribution < -0.4 is 0 Å². The molecule has 0 saturated heterocycles. The van der Waals surface area contributed by atoms with Crippen LogP contribution in [-0.4, -0.2) is 9.78 Å². The van der Waals surface area contributed by atoms with E-state index in [-0.39, 0.29) is 0 Å². The van der Waals surface area contributed by atoms with Crippen molar-refractivity contribution in [2.75, 3.05) is 0 Å². The second kappa shape index (κ2) is 5.69. The predicted octanol–water partition coefficient (Wildman–Crippen LogP) is 4.96. The Balaban J connectivity index is 1.68. The summed E-state index contributed by atoms with van der Waals surface area (Å²) in [6, 6.07) is 20.3. The zero-order chi connectivity index (χ0) is 15.8. The van der Waals surface area contributed by atoms with Gasteiger partial charge in [0.1, 0.15) is 0 Å². The number of aromatic nitrogens is 2. The highest BCUT2D eigenvalue weighted by atomic mass is 15.3. The molecule has 0 radical (unpaired) electrons. The number of rotatable bonds is 4. The number of aryl methyl sites for hydroxylation is 2. The van der Waals surface area contributed by atoms with Gasteiger partial charge in [0.15, 0.2) is 0 Å². The topological polar surface area (TPSA) is 17.8 Å². The fraction of sp³-hybridized carbons (Fsp3) is 0.286. The molecule has 2 nitrogen and oxygen atoms in total. The van der Waals surface area contributed by atoms with Crippen LogP contribution in [0.2, 0.25) is 0 Å². The quantitative estimate of drug-likeness (QED) is 0.666. The first-order valence-electron chi connectivity index (χ1n) is 8.49. The van der Waals surface area contributed by atoms with E-state index in [1.165, 1.54) is 34.4 Å². The Labute approximate surface area is 137 Å². The van der Waals surface area contributed by atoms with Gasteiger partial charge in [0.25, 0.3) is 0 Å². The molecule has 1 aliphatic heterocycles. The zero-order valence-electron chi connectivity index (χ0n) is 13.8. The molecule has 3 aromatic rings. The molecule has 1 aliphatic rings. The third kappa shape index (κ3) is 2.48. The van der Waals surface area contributed by atoms with Crippen LogP contribution in [-0.2, 0) is 12.8 Å². The first-order valence-corrected chi connectivity index (χ1v) is 8.49. The van der Waals surface area contributed by atoms with Crippen molar-refractivity contribution < 1.29 is 0 Å². The minimum absolute atomic E-state index is 0.312. The number of nitrogens with zero attached hydrogens (tertiary/aromatic N) is 2. The molecule has 2 heterocycles. The van der Waals surface area contributed by atoms with E-state index < -0.39 is 0 Å². The summed E-state index contributed by atoms with van der Waals surface area (Å²) >= 11 is 0. The maximum absolute atomic E-state index is 4.75. The van der Waals surface area contributed by atoms with Crippen molar-refractivity contribution in [1.82, 2.24) is 9.78 Å². The third-order valence-corrected chi connectivity index (χ3v) is 4.74. The van der Waals surface area contributed by atoms with E-state index in [2.05, 4.69) is 73.1 Å². The van der Waals surface area contributed by atoms with Crippen LogP contribution in [0.1, 0.15) is 41.8 Å². The van der Waals surface area contributed by atoms with E-state index >= 15 is 0 Å². The van der Waals surface area contributed by atoms with Crippen LogP contribution >= 0.6 is 0 Å². The van der Waals surface area contributed by atoms with E-state index in [1.807, 2.05) is 0 Å². The van der Waals surface area contributed by atoms with Gasteiger partial charge in [-0.3, -0.25) is 4.68 Å². The van der Waals surface area contributed by atoms with Gasteiger partial charge in [-0.05, 0) is 42.5 Å². The van der Waals surface area contributed by atoms with Crippen LogP contribution in [0.25, 0.3) is 11.3 Å². The Hall–Kier alpha value is -2.35. The van der Waals surface area contributed by atoms with Gasteiger partial charge < -0.3 is 0 Å². The first-order chi connectivity index (χ1) is 11.3. The smallest absolute Gasteiger partial charge is 0.0822 e. The summed E-state index contributed by atoms with van der Waals surface area (Å²) in [5.74, 6) is 0. The Kier molecular flexibility index (Phi) is 3.53. The third-order valence-electron chi connectivity index (χ3n) is 4.74. The van der Waals surface area contributed by atoms with Crippen molar-refractivity contribution in [1.29, 1.82) is 0 Å². The van der Waals surface area contributed by atoms with Crippen LogP contribution in [0.15, 0.2) is 54.6 Å². The summed E-state index contributed by atoms with van der Waals surface area (Å²) in [6.45, 7) is 4.30. The van der Waals surface area contributed by atoms with E-state index in [1.54, 1.807) is 0 Å². The number of hydrogen-bond acceptors (Lipinski definition) is 1. The Morgan fingerprint density at radius 1 is 1.00 bits per heavy atom. The van der Waals surface area contributed by atoms with Gasteiger partial charge in [-0.15, -0.1) is 0 Å². The van der Waals surface area contributed by atoms with Crippen LogP contribution in [0.5, 0.6) is 0 Å². The summed E-state index contributed by atoms with van der Waals surface area (Å²) in [5.41, 5.74) is 7.89. The van der Waals surface area contributed by atoms with Gasteiger partial charge in [-0.25, -0.2) is 0 Å². The molecule has 0 spiro atoms. The summed E-state index contributed by atoms with van der Waals surface area (Å²) < 4.78 is 2.21. The Morgan fingerprint density at radius 2 is 1.74 bits per heavy atom. The van der Waals surface area contributed by atoms with E-state index in [0.717, 1.165) is 18.5 Å². The van der Waals surface area contributed by atoms with Crippen LogP contribution in [0.4, 0.5) is 0 Å². The highest BCUT2D eigenvalue weighted by Gasteiger charge is 2.29. The van der Waals surface area contributed by atoms with Crippen molar-refractivity contribution in [3.05, 3.63) is 77.0 Å². The first kappa shape index (κ1) is 14.3. The van der Waals surface area contributed by atoms with Gasteiger partial charge in [0, 0.05) is 5.56 Å². The van der Waals surface area contributed by atoms with Gasteiger partial charge in [0.2, 0.25) is 0 Å². The minimum atomic E-state index is 0.312. The van der Waals surface area contributed by atoms with Gasteiger partial charge in [-0.2, -0.15) is 5.10 Å². The molecule has 0 N–H and O–H groups in total. The van der Waals surface area contributed by atoms with Crippen molar-refractivity contribution >= 4 is 0 Å². The fourth-order valence-electron chi connectivity index (χ4n) is 3.66. The number of fused-ring (bicyclic) bond motifs is 3. The molecular weight excluding hydrogens is 280 g/mol. The molecule has 4 rings (SSSR count). The predicted molar refractivity (Wildman–Crippen MR) is 94.7 cm³/mol. The lowest BCUT2D eigenvalue weighted by atomic mass is 9.96. The van der Waals surface area contributed by atoms with Crippen molar-refractivity contribution in [3.8, 4) is 11.3 Å². The minimum Gasteiger partial charge on any atom is -0.257 e. The Bertz CT molecular complexity index is 827. The number of hydrogen-bond donors (Lipinski definition) is 0. The molecule has 2 heteroatoms.